The first-order valence-electron chi connectivity index (χ1n) is 2.34. The van der Waals surface area contributed by atoms with E-state index in [9.17, 15) is 18.0 Å². The Bertz CT molecular complexity index is 158. The zero-order chi connectivity index (χ0) is 9.23. The molecule has 0 aromatic carbocycles. The summed E-state index contributed by atoms with van der Waals surface area (Å²) in [7, 11) is 0. The van der Waals surface area contributed by atoms with E-state index >= 15 is 0 Å². The predicted molar refractivity (Wildman–Crippen MR) is 39.1 cm³/mol. The summed E-state index contributed by atoms with van der Waals surface area (Å²) in [5.74, 6) is -1.55. The molecule has 0 radical (unpaired) electrons. The lowest BCUT2D eigenvalue weighted by Crippen LogP contribution is -2.35. The lowest BCUT2D eigenvalue weighted by molar-refractivity contribution is -0.147. The molecule has 11 heavy (non-hydrogen) atoms. The van der Waals surface area contributed by atoms with Crippen molar-refractivity contribution in [3.8, 4) is 0 Å². The lowest BCUT2D eigenvalue weighted by Gasteiger charge is -2.15. The molecule has 0 heterocycles. The summed E-state index contributed by atoms with van der Waals surface area (Å²) in [6.07, 6.45) is -4.55. The Kier molecular flexibility index (Phi) is 3.83. The molecule has 0 aromatic heterocycles. The van der Waals surface area contributed by atoms with E-state index in [0.717, 1.165) is 0 Å². The van der Waals surface area contributed by atoms with E-state index in [1.54, 1.807) is 0 Å². The second-order valence-electron chi connectivity index (χ2n) is 1.68. The first kappa shape index (κ1) is 11.2. The minimum Gasteiger partial charge on any atom is -0.480 e. The first-order valence-corrected chi connectivity index (χ1v) is 4.17. The van der Waals surface area contributed by atoms with Crippen LogP contribution >= 0.6 is 31.9 Å². The normalized spacial score (nSPS) is 17.5. The smallest absolute Gasteiger partial charge is 0.402 e. The molecule has 2 nitrogen and oxygen atoms in total. The standard InChI is InChI=1S/C4H3Br2F3O2/c5-1(3(10)11)2(6)4(7,8)9/h1-2H,(H,10,11). The molecule has 0 aliphatic heterocycles. The molecule has 0 fully saturated rings. The molecule has 0 aliphatic carbocycles. The third-order valence-corrected chi connectivity index (χ3v) is 3.48. The largest absolute Gasteiger partial charge is 0.480 e. The van der Waals surface area contributed by atoms with Gasteiger partial charge < -0.3 is 5.11 Å². The number of carboxylic acids is 1. The maximum Gasteiger partial charge on any atom is 0.402 e. The van der Waals surface area contributed by atoms with E-state index < -0.39 is 21.8 Å². The van der Waals surface area contributed by atoms with Crippen molar-refractivity contribution >= 4 is 37.8 Å². The Morgan fingerprint density at radius 3 is 1.82 bits per heavy atom. The zero-order valence-electron chi connectivity index (χ0n) is 4.90. The number of hydrogen-bond donors (Lipinski definition) is 1. The van der Waals surface area contributed by atoms with Gasteiger partial charge in [0.1, 0.15) is 9.65 Å². The van der Waals surface area contributed by atoms with Gasteiger partial charge in [-0.25, -0.2) is 0 Å². The van der Waals surface area contributed by atoms with Crippen molar-refractivity contribution in [2.45, 2.75) is 15.8 Å². The van der Waals surface area contributed by atoms with Crippen molar-refractivity contribution in [3.63, 3.8) is 0 Å². The Balaban J connectivity index is 4.25. The van der Waals surface area contributed by atoms with Gasteiger partial charge in [-0.3, -0.25) is 4.79 Å². The molecule has 0 saturated heterocycles. The molecule has 0 spiro atoms. The highest BCUT2D eigenvalue weighted by atomic mass is 79.9. The minimum atomic E-state index is -4.55. The molecular weight excluding hydrogens is 297 g/mol. The van der Waals surface area contributed by atoms with Gasteiger partial charge in [-0.05, 0) is 0 Å². The Morgan fingerprint density at radius 2 is 1.73 bits per heavy atom. The van der Waals surface area contributed by atoms with Crippen LogP contribution in [0.1, 0.15) is 0 Å². The summed E-state index contributed by atoms with van der Waals surface area (Å²) in [6.45, 7) is 0. The van der Waals surface area contributed by atoms with Crippen LogP contribution < -0.4 is 0 Å². The molecule has 1 N–H and O–H groups in total. The van der Waals surface area contributed by atoms with Gasteiger partial charge in [-0.15, -0.1) is 0 Å². The number of hydrogen-bond acceptors (Lipinski definition) is 1. The second kappa shape index (κ2) is 3.75. The average Bonchev–Trinajstić information content (AvgIpc) is 1.82. The Labute approximate surface area is 77.0 Å². The van der Waals surface area contributed by atoms with E-state index in [0.29, 0.717) is 0 Å². The summed E-state index contributed by atoms with van der Waals surface area (Å²) < 4.78 is 35.2. The Hall–Kier alpha value is 0.220. The molecule has 0 amide bonds. The molecule has 0 aliphatic rings. The van der Waals surface area contributed by atoms with Gasteiger partial charge in [-0.2, -0.15) is 13.2 Å². The van der Waals surface area contributed by atoms with Crippen LogP contribution in [0.25, 0.3) is 0 Å². The van der Waals surface area contributed by atoms with Crippen LogP contribution in [0, 0.1) is 0 Å². The molecule has 66 valence electrons. The van der Waals surface area contributed by atoms with Crippen LogP contribution in [0.3, 0.4) is 0 Å². The van der Waals surface area contributed by atoms with Crippen LogP contribution in [0.2, 0.25) is 0 Å². The summed E-state index contributed by atoms with van der Waals surface area (Å²) in [6, 6.07) is 0. The number of carbonyl (C=O) groups is 1. The van der Waals surface area contributed by atoms with E-state index in [4.69, 9.17) is 5.11 Å². The molecule has 2 atom stereocenters. The third kappa shape index (κ3) is 3.42. The highest BCUT2D eigenvalue weighted by Gasteiger charge is 2.44. The van der Waals surface area contributed by atoms with Crippen molar-refractivity contribution in [2.75, 3.05) is 0 Å². The topological polar surface area (TPSA) is 37.3 Å². The molecule has 0 bridgehead atoms. The monoisotopic (exact) mass is 298 g/mol. The second-order valence-corrected chi connectivity index (χ2v) is 3.66. The summed E-state index contributed by atoms with van der Waals surface area (Å²) in [5.41, 5.74) is 0. The Morgan fingerprint density at radius 1 is 1.36 bits per heavy atom. The van der Waals surface area contributed by atoms with Crippen molar-refractivity contribution in [1.82, 2.24) is 0 Å². The number of carboxylic acid groups (broad SMARTS) is 1. The average molecular weight is 300 g/mol. The SMILES string of the molecule is O=C(O)C(Br)C(Br)C(F)(F)F. The maximum atomic E-state index is 11.7. The summed E-state index contributed by atoms with van der Waals surface area (Å²) >= 11 is 4.59. The van der Waals surface area contributed by atoms with Crippen LogP contribution in [0.15, 0.2) is 0 Å². The number of halogens is 5. The number of alkyl halides is 5. The minimum absolute atomic E-state index is 1.55. The van der Waals surface area contributed by atoms with Crippen LogP contribution in [0.4, 0.5) is 13.2 Å². The van der Waals surface area contributed by atoms with Crippen molar-refractivity contribution in [1.29, 1.82) is 0 Å². The number of rotatable bonds is 2. The van der Waals surface area contributed by atoms with Gasteiger partial charge in [0.05, 0.1) is 0 Å². The first-order chi connectivity index (χ1) is 4.76. The van der Waals surface area contributed by atoms with Gasteiger partial charge in [0.25, 0.3) is 0 Å². The highest BCUT2D eigenvalue weighted by molar-refractivity contribution is 9.12. The predicted octanol–water partition coefficient (Wildman–Crippen LogP) is 2.16. The van der Waals surface area contributed by atoms with Gasteiger partial charge in [0, 0.05) is 0 Å². The maximum absolute atomic E-state index is 11.7. The fourth-order valence-electron chi connectivity index (χ4n) is 0.291. The van der Waals surface area contributed by atoms with Crippen LogP contribution in [-0.2, 0) is 4.79 Å². The van der Waals surface area contributed by atoms with Gasteiger partial charge in [0.15, 0.2) is 0 Å². The third-order valence-electron chi connectivity index (χ3n) is 0.806. The van der Waals surface area contributed by atoms with E-state index in [-0.39, 0.29) is 0 Å². The van der Waals surface area contributed by atoms with Crippen molar-refractivity contribution in [2.24, 2.45) is 0 Å². The molecule has 0 aromatic rings. The fourth-order valence-corrected chi connectivity index (χ4v) is 0.817. The van der Waals surface area contributed by atoms with Crippen molar-refractivity contribution < 1.29 is 23.1 Å². The molecule has 0 rings (SSSR count). The quantitative estimate of drug-likeness (QED) is 0.794. The van der Waals surface area contributed by atoms with Crippen molar-refractivity contribution in [3.05, 3.63) is 0 Å². The van der Waals surface area contributed by atoms with E-state index in [2.05, 4.69) is 31.9 Å². The van der Waals surface area contributed by atoms with E-state index in [1.165, 1.54) is 0 Å². The van der Waals surface area contributed by atoms with Gasteiger partial charge >= 0.3 is 12.1 Å². The molecule has 0 saturated carbocycles. The van der Waals surface area contributed by atoms with Crippen LogP contribution in [0.5, 0.6) is 0 Å². The molecule has 2 unspecified atom stereocenters. The summed E-state index contributed by atoms with van der Waals surface area (Å²) in [4.78, 5) is 6.30. The highest BCUT2D eigenvalue weighted by Crippen LogP contribution is 2.31. The van der Waals surface area contributed by atoms with Crippen LogP contribution in [-0.4, -0.2) is 26.9 Å². The summed E-state index contributed by atoms with van der Waals surface area (Å²) in [5, 5.41) is 8.14. The molecular formula is C4H3Br2F3O2. The van der Waals surface area contributed by atoms with E-state index in [1.807, 2.05) is 0 Å². The fraction of sp³-hybridized carbons (Fsp3) is 0.750. The lowest BCUT2D eigenvalue weighted by atomic mass is 10.3. The van der Waals surface area contributed by atoms with Gasteiger partial charge in [-0.1, -0.05) is 31.9 Å². The molecule has 7 heteroatoms. The number of aliphatic carboxylic acids is 1. The zero-order valence-corrected chi connectivity index (χ0v) is 8.07. The van der Waals surface area contributed by atoms with Gasteiger partial charge in [0.2, 0.25) is 0 Å².